The van der Waals surface area contributed by atoms with Gasteiger partial charge in [-0.25, -0.2) is 0 Å². The van der Waals surface area contributed by atoms with Crippen LogP contribution in [0.3, 0.4) is 0 Å². The second-order valence-electron chi connectivity index (χ2n) is 4.98. The SMILES string of the molecule is CC(=NN=c1sc2ccccc2n1CC(=O)O)c1ccccc1. The Morgan fingerprint density at radius 3 is 2.57 bits per heavy atom. The smallest absolute Gasteiger partial charge is 0.323 e. The monoisotopic (exact) mass is 325 g/mol. The van der Waals surface area contributed by atoms with Gasteiger partial charge in [0.1, 0.15) is 6.54 Å². The number of fused-ring (bicyclic) bond motifs is 1. The molecular formula is C17H15N3O2S. The molecule has 1 N–H and O–H groups in total. The van der Waals surface area contributed by atoms with Crippen LogP contribution in [0.25, 0.3) is 10.2 Å². The third kappa shape index (κ3) is 3.37. The number of thiazole rings is 1. The van der Waals surface area contributed by atoms with Gasteiger partial charge in [-0.1, -0.05) is 53.8 Å². The standard InChI is InChI=1S/C17H15N3O2S/c1-12(13-7-3-2-4-8-13)18-19-17-20(11-16(21)22)14-9-5-6-10-15(14)23-17/h2-10H,11H2,1H3,(H,21,22). The molecule has 6 heteroatoms. The quantitative estimate of drug-likeness (QED) is 0.591. The van der Waals surface area contributed by atoms with Crippen molar-refractivity contribution in [3.63, 3.8) is 0 Å². The number of aliphatic carboxylic acids is 1. The van der Waals surface area contributed by atoms with E-state index in [-0.39, 0.29) is 6.54 Å². The molecule has 0 amide bonds. The van der Waals surface area contributed by atoms with Crippen LogP contribution in [0.2, 0.25) is 0 Å². The zero-order valence-corrected chi connectivity index (χ0v) is 13.3. The second-order valence-corrected chi connectivity index (χ2v) is 5.99. The van der Waals surface area contributed by atoms with Crippen LogP contribution in [-0.4, -0.2) is 21.4 Å². The zero-order valence-electron chi connectivity index (χ0n) is 12.5. The molecule has 0 aliphatic rings. The zero-order chi connectivity index (χ0) is 16.2. The number of hydrogen-bond donors (Lipinski definition) is 1. The first-order valence-electron chi connectivity index (χ1n) is 7.09. The van der Waals surface area contributed by atoms with Gasteiger partial charge < -0.3 is 9.67 Å². The molecule has 1 aromatic heterocycles. The predicted molar refractivity (Wildman–Crippen MR) is 91.7 cm³/mol. The number of benzene rings is 2. The molecule has 0 bridgehead atoms. The minimum Gasteiger partial charge on any atom is -0.480 e. The van der Waals surface area contributed by atoms with Gasteiger partial charge in [0.2, 0.25) is 4.80 Å². The van der Waals surface area contributed by atoms with Crippen molar-refractivity contribution < 1.29 is 9.90 Å². The fourth-order valence-corrected chi connectivity index (χ4v) is 3.22. The van der Waals surface area contributed by atoms with Crippen molar-refractivity contribution in [2.24, 2.45) is 10.2 Å². The Morgan fingerprint density at radius 2 is 1.83 bits per heavy atom. The Bertz CT molecular complexity index is 939. The fraction of sp³-hybridized carbons (Fsp3) is 0.118. The van der Waals surface area contributed by atoms with E-state index >= 15 is 0 Å². The van der Waals surface area contributed by atoms with E-state index in [4.69, 9.17) is 5.11 Å². The average Bonchev–Trinajstić information content (AvgIpc) is 2.91. The molecule has 0 unspecified atom stereocenters. The molecule has 0 spiro atoms. The third-order valence-electron chi connectivity index (χ3n) is 3.36. The van der Waals surface area contributed by atoms with Crippen LogP contribution >= 0.6 is 11.3 Å². The topological polar surface area (TPSA) is 67.0 Å². The van der Waals surface area contributed by atoms with Crippen LogP contribution < -0.4 is 4.80 Å². The van der Waals surface area contributed by atoms with Gasteiger partial charge in [-0.2, -0.15) is 5.10 Å². The summed E-state index contributed by atoms with van der Waals surface area (Å²) in [6, 6.07) is 17.4. The molecule has 0 saturated heterocycles. The van der Waals surface area contributed by atoms with E-state index in [1.165, 1.54) is 11.3 Å². The summed E-state index contributed by atoms with van der Waals surface area (Å²) in [5.74, 6) is -0.904. The first-order chi connectivity index (χ1) is 11.1. The molecule has 3 aromatic rings. The Morgan fingerprint density at radius 1 is 1.13 bits per heavy atom. The van der Waals surface area contributed by atoms with Crippen molar-refractivity contribution in [2.45, 2.75) is 13.5 Å². The van der Waals surface area contributed by atoms with Gasteiger partial charge in [-0.05, 0) is 24.6 Å². The summed E-state index contributed by atoms with van der Waals surface area (Å²) in [6.45, 7) is 1.75. The fourth-order valence-electron chi connectivity index (χ4n) is 2.24. The third-order valence-corrected chi connectivity index (χ3v) is 4.41. The summed E-state index contributed by atoms with van der Waals surface area (Å²) >= 11 is 1.43. The summed E-state index contributed by atoms with van der Waals surface area (Å²) in [5, 5.41) is 17.7. The maximum Gasteiger partial charge on any atom is 0.323 e. The Kier molecular flexibility index (Phi) is 4.34. The van der Waals surface area contributed by atoms with Crippen molar-refractivity contribution in [3.8, 4) is 0 Å². The molecular weight excluding hydrogens is 310 g/mol. The minimum atomic E-state index is -0.904. The number of rotatable bonds is 4. The Hall–Kier alpha value is -2.73. The van der Waals surface area contributed by atoms with Crippen LogP contribution in [0.15, 0.2) is 64.8 Å². The van der Waals surface area contributed by atoms with E-state index in [0.717, 1.165) is 21.5 Å². The number of carboxylic acid groups (broad SMARTS) is 1. The predicted octanol–water partition coefficient (Wildman–Crippen LogP) is 3.11. The molecule has 0 atom stereocenters. The number of carbonyl (C=O) groups is 1. The van der Waals surface area contributed by atoms with Crippen LogP contribution in [0.1, 0.15) is 12.5 Å². The van der Waals surface area contributed by atoms with E-state index in [9.17, 15) is 4.79 Å². The van der Waals surface area contributed by atoms with Crippen LogP contribution in [0.4, 0.5) is 0 Å². The van der Waals surface area contributed by atoms with Crippen molar-refractivity contribution in [1.82, 2.24) is 4.57 Å². The minimum absolute atomic E-state index is 0.136. The second kappa shape index (κ2) is 6.58. The molecule has 23 heavy (non-hydrogen) atoms. The molecule has 5 nitrogen and oxygen atoms in total. The van der Waals surface area contributed by atoms with Gasteiger partial charge in [0, 0.05) is 0 Å². The van der Waals surface area contributed by atoms with Crippen molar-refractivity contribution in [1.29, 1.82) is 0 Å². The highest BCUT2D eigenvalue weighted by atomic mass is 32.1. The number of aromatic nitrogens is 1. The first kappa shape index (κ1) is 15.2. The largest absolute Gasteiger partial charge is 0.480 e. The number of hydrogen-bond acceptors (Lipinski definition) is 4. The summed E-state index contributed by atoms with van der Waals surface area (Å²) < 4.78 is 2.66. The van der Waals surface area contributed by atoms with Crippen molar-refractivity contribution in [3.05, 3.63) is 65.0 Å². The Balaban J connectivity index is 2.09. The maximum atomic E-state index is 11.1. The van der Waals surface area contributed by atoms with Gasteiger partial charge in [-0.15, -0.1) is 5.10 Å². The Labute approximate surface area is 136 Å². The molecule has 0 aliphatic heterocycles. The highest BCUT2D eigenvalue weighted by Gasteiger charge is 2.08. The van der Waals surface area contributed by atoms with E-state index in [1.54, 1.807) is 4.57 Å². The van der Waals surface area contributed by atoms with Crippen LogP contribution in [0.5, 0.6) is 0 Å². The molecule has 0 fully saturated rings. The molecule has 0 radical (unpaired) electrons. The molecule has 0 saturated carbocycles. The number of carboxylic acids is 1. The van der Waals surface area contributed by atoms with Crippen LogP contribution in [-0.2, 0) is 11.3 Å². The highest BCUT2D eigenvalue weighted by molar-refractivity contribution is 7.16. The van der Waals surface area contributed by atoms with Crippen molar-refractivity contribution >= 4 is 33.2 Å². The van der Waals surface area contributed by atoms with Gasteiger partial charge in [0.05, 0.1) is 15.9 Å². The highest BCUT2D eigenvalue weighted by Crippen LogP contribution is 2.16. The number of para-hydroxylation sites is 1. The van der Waals surface area contributed by atoms with Gasteiger partial charge in [0.25, 0.3) is 0 Å². The lowest BCUT2D eigenvalue weighted by Crippen LogP contribution is -2.19. The van der Waals surface area contributed by atoms with E-state index in [2.05, 4.69) is 10.2 Å². The van der Waals surface area contributed by atoms with E-state index in [1.807, 2.05) is 61.5 Å². The average molecular weight is 325 g/mol. The lowest BCUT2D eigenvalue weighted by molar-refractivity contribution is -0.137. The molecule has 3 rings (SSSR count). The number of nitrogens with zero attached hydrogens (tertiary/aromatic N) is 3. The van der Waals surface area contributed by atoms with Gasteiger partial charge in [-0.3, -0.25) is 4.79 Å². The van der Waals surface area contributed by atoms with E-state index < -0.39 is 5.97 Å². The summed E-state index contributed by atoms with van der Waals surface area (Å²) in [5.41, 5.74) is 2.62. The summed E-state index contributed by atoms with van der Waals surface area (Å²) in [4.78, 5) is 11.7. The summed E-state index contributed by atoms with van der Waals surface area (Å²) in [6.07, 6.45) is 0. The van der Waals surface area contributed by atoms with Crippen molar-refractivity contribution in [2.75, 3.05) is 0 Å². The normalized spacial score (nSPS) is 12.7. The molecule has 1 heterocycles. The van der Waals surface area contributed by atoms with Gasteiger partial charge in [0.15, 0.2) is 0 Å². The van der Waals surface area contributed by atoms with Crippen LogP contribution in [0, 0.1) is 0 Å². The maximum absolute atomic E-state index is 11.1. The molecule has 2 aromatic carbocycles. The van der Waals surface area contributed by atoms with Gasteiger partial charge >= 0.3 is 5.97 Å². The lowest BCUT2D eigenvalue weighted by Gasteiger charge is -2.00. The molecule has 116 valence electrons. The molecule has 0 aliphatic carbocycles. The summed E-state index contributed by atoms with van der Waals surface area (Å²) in [7, 11) is 0. The first-order valence-corrected chi connectivity index (χ1v) is 7.90. The van der Waals surface area contributed by atoms with E-state index in [0.29, 0.717) is 4.80 Å². The lowest BCUT2D eigenvalue weighted by atomic mass is 10.1.